The van der Waals surface area contributed by atoms with Gasteiger partial charge in [0.1, 0.15) is 0 Å². The lowest BCUT2D eigenvalue weighted by Crippen LogP contribution is -2.47. The molecule has 0 aromatic carbocycles. The van der Waals surface area contributed by atoms with E-state index in [9.17, 15) is 4.79 Å². The lowest BCUT2D eigenvalue weighted by atomic mass is 9.84. The minimum atomic E-state index is 0.166. The van der Waals surface area contributed by atoms with Gasteiger partial charge >= 0.3 is 0 Å². The fourth-order valence-electron chi connectivity index (χ4n) is 2.32. The van der Waals surface area contributed by atoms with Gasteiger partial charge in [-0.2, -0.15) is 0 Å². The third-order valence-corrected chi connectivity index (χ3v) is 3.71. The number of carbonyl (C=O) groups excluding carboxylic acids is 1. The van der Waals surface area contributed by atoms with Gasteiger partial charge in [0, 0.05) is 19.1 Å². The molecule has 0 unspecified atom stereocenters. The molecular weight excluding hydrogens is 228 g/mol. The zero-order valence-corrected chi connectivity index (χ0v) is 12.0. The molecule has 1 saturated carbocycles. The van der Waals surface area contributed by atoms with Crippen molar-refractivity contribution in [2.45, 2.75) is 65.0 Å². The van der Waals surface area contributed by atoms with E-state index >= 15 is 0 Å². The molecule has 0 heterocycles. The predicted octanol–water partition coefficient (Wildman–Crippen LogP) is 1.83. The molecule has 106 valence electrons. The minimum absolute atomic E-state index is 0.166. The fraction of sp³-hybridized carbons (Fsp3) is 0.929. The van der Waals surface area contributed by atoms with Crippen molar-refractivity contribution >= 4 is 5.91 Å². The van der Waals surface area contributed by atoms with Crippen LogP contribution in [0.2, 0.25) is 0 Å². The van der Waals surface area contributed by atoms with Crippen LogP contribution in [0.25, 0.3) is 0 Å². The zero-order valence-electron chi connectivity index (χ0n) is 12.0. The average molecular weight is 256 g/mol. The Morgan fingerprint density at radius 1 is 1.39 bits per heavy atom. The summed E-state index contributed by atoms with van der Waals surface area (Å²) in [6, 6.07) is 0.326. The molecule has 0 atom stereocenters. The fourth-order valence-corrected chi connectivity index (χ4v) is 2.32. The Kier molecular flexibility index (Phi) is 6.09. The van der Waals surface area contributed by atoms with E-state index in [2.05, 4.69) is 19.2 Å². The second-order valence-corrected chi connectivity index (χ2v) is 6.02. The molecule has 1 amide bonds. The van der Waals surface area contributed by atoms with Crippen LogP contribution in [0.5, 0.6) is 0 Å². The summed E-state index contributed by atoms with van der Waals surface area (Å²) < 4.78 is 5.47. The minimum Gasteiger partial charge on any atom is -0.378 e. The van der Waals surface area contributed by atoms with Gasteiger partial charge in [-0.15, -0.1) is 0 Å². The summed E-state index contributed by atoms with van der Waals surface area (Å²) in [5.41, 5.74) is 5.73. The molecular formula is C14H28N2O2. The molecule has 1 rings (SSSR count). The van der Waals surface area contributed by atoms with Gasteiger partial charge in [0.2, 0.25) is 5.91 Å². The second-order valence-electron chi connectivity index (χ2n) is 6.02. The van der Waals surface area contributed by atoms with Crippen LogP contribution in [0.4, 0.5) is 0 Å². The number of nitrogens with two attached hydrogens (primary N) is 1. The molecule has 0 radical (unpaired) electrons. The SMILES string of the molecule is CCOC1CC(NC(=O)CCC(C)(C)CCN)C1. The maximum Gasteiger partial charge on any atom is 0.220 e. The van der Waals surface area contributed by atoms with Crippen molar-refractivity contribution in [1.29, 1.82) is 0 Å². The van der Waals surface area contributed by atoms with Crippen LogP contribution >= 0.6 is 0 Å². The monoisotopic (exact) mass is 256 g/mol. The number of hydrogen-bond acceptors (Lipinski definition) is 3. The Bertz CT molecular complexity index is 261. The lowest BCUT2D eigenvalue weighted by Gasteiger charge is -2.35. The molecule has 4 heteroatoms. The maximum absolute atomic E-state index is 11.8. The molecule has 18 heavy (non-hydrogen) atoms. The van der Waals surface area contributed by atoms with Crippen LogP contribution in [-0.4, -0.2) is 31.2 Å². The highest BCUT2D eigenvalue weighted by atomic mass is 16.5. The van der Waals surface area contributed by atoms with Gasteiger partial charge in [0.25, 0.3) is 0 Å². The summed E-state index contributed by atoms with van der Waals surface area (Å²) in [6.45, 7) is 7.79. The number of ether oxygens (including phenoxy) is 1. The topological polar surface area (TPSA) is 64.3 Å². The quantitative estimate of drug-likeness (QED) is 0.696. The van der Waals surface area contributed by atoms with E-state index in [0.29, 0.717) is 25.1 Å². The first-order chi connectivity index (χ1) is 8.46. The van der Waals surface area contributed by atoms with Crippen molar-refractivity contribution in [1.82, 2.24) is 5.32 Å². The predicted molar refractivity (Wildman–Crippen MR) is 73.3 cm³/mol. The van der Waals surface area contributed by atoms with Gasteiger partial charge in [-0.25, -0.2) is 0 Å². The third kappa shape index (κ3) is 5.36. The van der Waals surface area contributed by atoms with Gasteiger partial charge in [-0.1, -0.05) is 13.8 Å². The Balaban J connectivity index is 2.12. The summed E-state index contributed by atoms with van der Waals surface area (Å²) in [7, 11) is 0. The van der Waals surface area contributed by atoms with E-state index in [1.54, 1.807) is 0 Å². The number of nitrogens with one attached hydrogen (secondary N) is 1. The molecule has 4 nitrogen and oxygen atoms in total. The number of carbonyl (C=O) groups is 1. The highest BCUT2D eigenvalue weighted by Gasteiger charge is 2.30. The molecule has 0 aromatic rings. The molecule has 1 aliphatic rings. The zero-order chi connectivity index (χ0) is 13.6. The summed E-state index contributed by atoms with van der Waals surface area (Å²) >= 11 is 0. The molecule has 0 spiro atoms. The molecule has 0 bridgehead atoms. The van der Waals surface area contributed by atoms with E-state index < -0.39 is 0 Å². The van der Waals surface area contributed by atoms with Crippen LogP contribution in [0.3, 0.4) is 0 Å². The van der Waals surface area contributed by atoms with Crippen molar-refractivity contribution in [2.75, 3.05) is 13.2 Å². The summed E-state index contributed by atoms with van der Waals surface area (Å²) in [4.78, 5) is 11.8. The Morgan fingerprint density at radius 2 is 2.06 bits per heavy atom. The van der Waals surface area contributed by atoms with E-state index in [0.717, 1.165) is 32.3 Å². The van der Waals surface area contributed by atoms with E-state index in [-0.39, 0.29) is 11.3 Å². The van der Waals surface area contributed by atoms with E-state index in [1.807, 2.05) is 6.92 Å². The largest absolute Gasteiger partial charge is 0.378 e. The van der Waals surface area contributed by atoms with Crippen molar-refractivity contribution in [3.8, 4) is 0 Å². The number of amides is 1. The first kappa shape index (κ1) is 15.4. The standard InChI is InChI=1S/C14H28N2O2/c1-4-18-12-9-11(10-12)16-13(17)5-6-14(2,3)7-8-15/h11-12H,4-10,15H2,1-3H3,(H,16,17). The van der Waals surface area contributed by atoms with Gasteiger partial charge in [0.05, 0.1) is 6.10 Å². The van der Waals surface area contributed by atoms with Crippen LogP contribution in [-0.2, 0) is 9.53 Å². The van der Waals surface area contributed by atoms with Gasteiger partial charge in [-0.3, -0.25) is 4.79 Å². The number of rotatable bonds is 8. The first-order valence-electron chi connectivity index (χ1n) is 7.08. The van der Waals surface area contributed by atoms with Crippen LogP contribution < -0.4 is 11.1 Å². The Morgan fingerprint density at radius 3 is 2.61 bits per heavy atom. The summed E-state index contributed by atoms with van der Waals surface area (Å²) in [5, 5.41) is 3.07. The Hall–Kier alpha value is -0.610. The molecule has 1 aliphatic carbocycles. The first-order valence-corrected chi connectivity index (χ1v) is 7.08. The molecule has 0 aromatic heterocycles. The van der Waals surface area contributed by atoms with Crippen molar-refractivity contribution in [2.24, 2.45) is 11.1 Å². The van der Waals surface area contributed by atoms with E-state index in [4.69, 9.17) is 10.5 Å². The highest BCUT2D eigenvalue weighted by Crippen LogP contribution is 2.27. The molecule has 3 N–H and O–H groups in total. The average Bonchev–Trinajstić information content (AvgIpc) is 2.24. The van der Waals surface area contributed by atoms with Crippen molar-refractivity contribution in [3.05, 3.63) is 0 Å². The molecule has 0 aliphatic heterocycles. The van der Waals surface area contributed by atoms with Crippen molar-refractivity contribution in [3.63, 3.8) is 0 Å². The maximum atomic E-state index is 11.8. The van der Waals surface area contributed by atoms with Crippen LogP contribution in [0, 0.1) is 5.41 Å². The summed E-state index contributed by atoms with van der Waals surface area (Å²) in [6.07, 6.45) is 4.75. The smallest absolute Gasteiger partial charge is 0.220 e. The number of hydrogen-bond donors (Lipinski definition) is 2. The lowest BCUT2D eigenvalue weighted by molar-refractivity contribution is -0.124. The summed E-state index contributed by atoms with van der Waals surface area (Å²) in [5.74, 6) is 0.167. The highest BCUT2D eigenvalue weighted by molar-refractivity contribution is 5.76. The van der Waals surface area contributed by atoms with Gasteiger partial charge in [0.15, 0.2) is 0 Å². The van der Waals surface area contributed by atoms with Gasteiger partial charge < -0.3 is 15.8 Å². The van der Waals surface area contributed by atoms with Gasteiger partial charge in [-0.05, 0) is 44.6 Å². The van der Waals surface area contributed by atoms with Crippen molar-refractivity contribution < 1.29 is 9.53 Å². The Labute approximate surface area is 111 Å². The van der Waals surface area contributed by atoms with Crippen LogP contribution in [0.15, 0.2) is 0 Å². The molecule has 1 fully saturated rings. The molecule has 0 saturated heterocycles. The van der Waals surface area contributed by atoms with E-state index in [1.165, 1.54) is 0 Å². The van der Waals surface area contributed by atoms with Crippen LogP contribution in [0.1, 0.15) is 52.9 Å². The third-order valence-electron chi connectivity index (χ3n) is 3.71. The second kappa shape index (κ2) is 7.10. The normalized spacial score (nSPS) is 23.6.